The first kappa shape index (κ1) is 14.9. The first-order valence-corrected chi connectivity index (χ1v) is 8.53. The number of thiophene rings is 1. The molecule has 24 heavy (non-hydrogen) atoms. The van der Waals surface area contributed by atoms with Crippen LogP contribution in [-0.4, -0.2) is 19.2 Å². The summed E-state index contributed by atoms with van der Waals surface area (Å²) in [4.78, 5) is 19.6. The molecule has 0 N–H and O–H groups in total. The monoisotopic (exact) mass is 340 g/mol. The van der Waals surface area contributed by atoms with Gasteiger partial charge in [0.05, 0.1) is 11.6 Å². The number of fused-ring (bicyclic) bond motifs is 3. The van der Waals surface area contributed by atoms with Crippen LogP contribution in [0.2, 0.25) is 0 Å². The van der Waals surface area contributed by atoms with Crippen LogP contribution < -0.4 is 5.69 Å². The fraction of sp³-hybridized carbons (Fsp3) is 0.235. The van der Waals surface area contributed by atoms with E-state index in [2.05, 4.69) is 30.5 Å². The zero-order valence-corrected chi connectivity index (χ0v) is 14.3. The molecular weight excluding hydrogens is 324 g/mol. The van der Waals surface area contributed by atoms with Crippen LogP contribution in [0.5, 0.6) is 0 Å². The Bertz CT molecular complexity index is 1120. The van der Waals surface area contributed by atoms with Gasteiger partial charge in [-0.3, -0.25) is 4.57 Å². The van der Waals surface area contributed by atoms with Crippen LogP contribution in [0.3, 0.4) is 0 Å². The summed E-state index contributed by atoms with van der Waals surface area (Å²) >= 11 is 1.62. The van der Waals surface area contributed by atoms with Crippen molar-refractivity contribution in [2.75, 3.05) is 0 Å². The summed E-state index contributed by atoms with van der Waals surface area (Å²) in [6, 6.07) is 3.56. The normalized spacial score (nSPS) is 11.6. The third-order valence-corrected chi connectivity index (χ3v) is 5.26. The lowest BCUT2D eigenvalue weighted by atomic mass is 10.1. The van der Waals surface area contributed by atoms with E-state index < -0.39 is 0 Å². The van der Waals surface area contributed by atoms with Crippen molar-refractivity contribution in [2.45, 2.75) is 26.8 Å². The molecule has 0 saturated heterocycles. The van der Waals surface area contributed by atoms with E-state index in [1.165, 1.54) is 15.0 Å². The number of rotatable bonds is 4. The average molecular weight is 340 g/mol. The van der Waals surface area contributed by atoms with E-state index in [-0.39, 0.29) is 5.69 Å². The highest BCUT2D eigenvalue weighted by atomic mass is 32.1. The van der Waals surface area contributed by atoms with Gasteiger partial charge >= 0.3 is 5.69 Å². The van der Waals surface area contributed by atoms with Gasteiger partial charge in [-0.25, -0.2) is 9.78 Å². The lowest BCUT2D eigenvalue weighted by Crippen LogP contribution is -2.27. The number of nitrogens with zero attached hydrogens (tertiary/aromatic N) is 4. The van der Waals surface area contributed by atoms with Gasteiger partial charge in [-0.15, -0.1) is 23.0 Å². The Morgan fingerprint density at radius 1 is 1.46 bits per heavy atom. The van der Waals surface area contributed by atoms with Crippen molar-refractivity contribution in [3.05, 3.63) is 52.0 Å². The molecule has 0 fully saturated rings. The third-order valence-electron chi connectivity index (χ3n) is 4.09. The predicted molar refractivity (Wildman–Crippen MR) is 94.6 cm³/mol. The van der Waals surface area contributed by atoms with Crippen molar-refractivity contribution in [3.63, 3.8) is 0 Å². The molecule has 0 radical (unpaired) electrons. The number of hydrogen-bond donors (Lipinski definition) is 0. The topological polar surface area (TPSA) is 65.3 Å². The van der Waals surface area contributed by atoms with E-state index in [1.54, 1.807) is 40.4 Å². The molecule has 4 aromatic heterocycles. The minimum Gasteiger partial charge on any atom is -0.461 e. The van der Waals surface area contributed by atoms with Crippen molar-refractivity contribution in [1.82, 2.24) is 19.2 Å². The largest absolute Gasteiger partial charge is 0.461 e. The summed E-state index contributed by atoms with van der Waals surface area (Å²) in [6.07, 6.45) is 4.16. The van der Waals surface area contributed by atoms with Crippen LogP contribution in [-0.2, 0) is 13.0 Å². The third kappa shape index (κ3) is 1.98. The lowest BCUT2D eigenvalue weighted by Gasteiger charge is -2.05. The molecule has 7 heteroatoms. The Labute approximate surface area is 141 Å². The molecule has 0 aliphatic carbocycles. The van der Waals surface area contributed by atoms with Crippen LogP contribution in [0.1, 0.15) is 17.4 Å². The van der Waals surface area contributed by atoms with Gasteiger partial charge in [0.25, 0.3) is 0 Å². The van der Waals surface area contributed by atoms with E-state index in [0.717, 1.165) is 16.6 Å². The molecule has 0 amide bonds. The average Bonchev–Trinajstić information content (AvgIpc) is 3.28. The van der Waals surface area contributed by atoms with Gasteiger partial charge in [0.2, 0.25) is 5.82 Å². The van der Waals surface area contributed by atoms with Crippen molar-refractivity contribution in [2.24, 2.45) is 0 Å². The summed E-state index contributed by atoms with van der Waals surface area (Å²) < 4.78 is 8.45. The van der Waals surface area contributed by atoms with Crippen LogP contribution >= 0.6 is 11.3 Å². The molecule has 0 aromatic carbocycles. The summed E-state index contributed by atoms with van der Waals surface area (Å²) in [6.45, 7) is 8.38. The Morgan fingerprint density at radius 3 is 2.96 bits per heavy atom. The molecule has 4 heterocycles. The minimum atomic E-state index is -0.216. The predicted octanol–water partition coefficient (Wildman–Crippen LogP) is 3.42. The summed E-state index contributed by atoms with van der Waals surface area (Å²) in [5.41, 5.74) is 1.57. The number of allylic oxidation sites excluding steroid dienone is 1. The molecule has 4 aromatic rings. The van der Waals surface area contributed by atoms with Crippen LogP contribution in [0.15, 0.2) is 40.3 Å². The highest BCUT2D eigenvalue weighted by molar-refractivity contribution is 7.19. The number of hydrogen-bond acceptors (Lipinski definition) is 5. The molecular formula is C17H16N4O2S. The van der Waals surface area contributed by atoms with E-state index in [1.807, 2.05) is 0 Å². The molecule has 0 atom stereocenters. The Hall–Kier alpha value is -2.67. The first-order chi connectivity index (χ1) is 11.7. The highest BCUT2D eigenvalue weighted by Gasteiger charge is 2.21. The Kier molecular flexibility index (Phi) is 3.38. The Balaban J connectivity index is 2.19. The molecule has 0 spiro atoms. The molecule has 0 saturated carbocycles. The summed E-state index contributed by atoms with van der Waals surface area (Å²) in [7, 11) is 0. The standard InChI is InChI=1S/C17H16N4O2S/c1-4-8-20-16-13(11(5-2)10(3)24-16)15-18-14(12-7-6-9-23-12)19-21(15)17(20)22/h4,6-7,9H,1,5,8H2,2-3H3. The second kappa shape index (κ2) is 5.45. The second-order valence-corrected chi connectivity index (χ2v) is 6.70. The van der Waals surface area contributed by atoms with Gasteiger partial charge in [-0.2, -0.15) is 4.52 Å². The lowest BCUT2D eigenvalue weighted by molar-refractivity contribution is 0.576. The van der Waals surface area contributed by atoms with Crippen molar-refractivity contribution in [1.29, 1.82) is 0 Å². The maximum atomic E-state index is 12.9. The van der Waals surface area contributed by atoms with Crippen molar-refractivity contribution < 1.29 is 4.42 Å². The van der Waals surface area contributed by atoms with Crippen LogP contribution in [0.25, 0.3) is 27.4 Å². The molecule has 6 nitrogen and oxygen atoms in total. The van der Waals surface area contributed by atoms with Gasteiger partial charge in [0.1, 0.15) is 4.83 Å². The van der Waals surface area contributed by atoms with Crippen LogP contribution in [0, 0.1) is 6.92 Å². The van der Waals surface area contributed by atoms with Crippen LogP contribution in [0.4, 0.5) is 0 Å². The van der Waals surface area contributed by atoms with E-state index in [0.29, 0.717) is 23.8 Å². The fourth-order valence-electron chi connectivity index (χ4n) is 3.02. The fourth-order valence-corrected chi connectivity index (χ4v) is 4.26. The number of aryl methyl sites for hydroxylation is 2. The molecule has 0 bridgehead atoms. The van der Waals surface area contributed by atoms with E-state index in [4.69, 9.17) is 4.42 Å². The quantitative estimate of drug-likeness (QED) is 0.534. The zero-order chi connectivity index (χ0) is 16.8. The van der Waals surface area contributed by atoms with E-state index >= 15 is 0 Å². The molecule has 0 aliphatic heterocycles. The Morgan fingerprint density at radius 2 is 2.29 bits per heavy atom. The number of furan rings is 1. The SMILES string of the molecule is C=CCn1c(=O)n2nc(-c3ccco3)nc2c2c(CC)c(C)sc21. The molecule has 4 rings (SSSR count). The second-order valence-electron chi connectivity index (χ2n) is 5.50. The molecule has 0 unspecified atom stereocenters. The molecule has 0 aliphatic rings. The summed E-state index contributed by atoms with van der Waals surface area (Å²) in [5.74, 6) is 0.965. The zero-order valence-electron chi connectivity index (χ0n) is 13.4. The number of aromatic nitrogens is 4. The van der Waals surface area contributed by atoms with Crippen molar-refractivity contribution in [3.8, 4) is 11.6 Å². The highest BCUT2D eigenvalue weighted by Crippen LogP contribution is 2.33. The first-order valence-electron chi connectivity index (χ1n) is 7.72. The van der Waals surface area contributed by atoms with Gasteiger partial charge in [-0.1, -0.05) is 13.0 Å². The van der Waals surface area contributed by atoms with Gasteiger partial charge in [0, 0.05) is 11.4 Å². The van der Waals surface area contributed by atoms with Crippen molar-refractivity contribution >= 4 is 27.2 Å². The summed E-state index contributed by atoms with van der Waals surface area (Å²) in [5, 5.41) is 5.37. The minimum absolute atomic E-state index is 0.216. The maximum absolute atomic E-state index is 12.9. The van der Waals surface area contributed by atoms with E-state index in [9.17, 15) is 4.79 Å². The smallest absolute Gasteiger partial charge is 0.352 e. The maximum Gasteiger partial charge on any atom is 0.352 e. The van der Waals surface area contributed by atoms with Gasteiger partial charge in [0.15, 0.2) is 11.4 Å². The van der Waals surface area contributed by atoms with Gasteiger partial charge in [-0.05, 0) is 31.0 Å². The van der Waals surface area contributed by atoms with Gasteiger partial charge < -0.3 is 4.42 Å². The molecule has 122 valence electrons.